The fourth-order valence-corrected chi connectivity index (χ4v) is 3.27. The Labute approximate surface area is 154 Å². The predicted octanol–water partition coefficient (Wildman–Crippen LogP) is 2.68. The lowest BCUT2D eigenvalue weighted by Gasteiger charge is -2.34. The van der Waals surface area contributed by atoms with E-state index >= 15 is 0 Å². The van der Waals surface area contributed by atoms with E-state index in [0.717, 1.165) is 44.8 Å². The first-order valence-electron chi connectivity index (χ1n) is 9.15. The zero-order valence-corrected chi connectivity index (χ0v) is 15.2. The van der Waals surface area contributed by atoms with Gasteiger partial charge in [-0.15, -0.1) is 0 Å². The van der Waals surface area contributed by atoms with Gasteiger partial charge in [0.25, 0.3) is 5.91 Å². The Morgan fingerprint density at radius 3 is 2.46 bits per heavy atom. The van der Waals surface area contributed by atoms with Crippen molar-refractivity contribution in [2.45, 2.75) is 13.5 Å². The van der Waals surface area contributed by atoms with Gasteiger partial charge in [-0.25, -0.2) is 4.39 Å². The Hall–Kier alpha value is -2.24. The van der Waals surface area contributed by atoms with E-state index in [1.165, 1.54) is 17.7 Å². The zero-order valence-electron chi connectivity index (χ0n) is 15.2. The molecule has 2 aromatic rings. The van der Waals surface area contributed by atoms with Crippen molar-refractivity contribution < 1.29 is 9.18 Å². The maximum atomic E-state index is 13.3. The molecule has 1 amide bonds. The minimum atomic E-state index is -0.379. The number of nitrogens with zero attached hydrogens (tertiary/aromatic N) is 2. The number of benzene rings is 2. The summed E-state index contributed by atoms with van der Waals surface area (Å²) in [6.07, 6.45) is 0. The summed E-state index contributed by atoms with van der Waals surface area (Å²) in [4.78, 5) is 17.0. The summed E-state index contributed by atoms with van der Waals surface area (Å²) >= 11 is 0. The average Bonchev–Trinajstić information content (AvgIpc) is 2.66. The molecule has 1 fully saturated rings. The average molecular weight is 355 g/mol. The van der Waals surface area contributed by atoms with Crippen molar-refractivity contribution in [3.63, 3.8) is 0 Å². The highest BCUT2D eigenvalue weighted by atomic mass is 19.1. The number of hydrogen-bond acceptors (Lipinski definition) is 3. The van der Waals surface area contributed by atoms with Crippen molar-refractivity contribution in [3.8, 4) is 0 Å². The van der Waals surface area contributed by atoms with Crippen LogP contribution < -0.4 is 5.32 Å². The van der Waals surface area contributed by atoms with Crippen molar-refractivity contribution in [3.05, 3.63) is 71.0 Å². The van der Waals surface area contributed by atoms with Gasteiger partial charge >= 0.3 is 0 Å². The molecule has 1 N–H and O–H groups in total. The van der Waals surface area contributed by atoms with Gasteiger partial charge in [0, 0.05) is 51.4 Å². The lowest BCUT2D eigenvalue weighted by molar-refractivity contribution is 0.0933. The molecule has 0 unspecified atom stereocenters. The molecule has 1 heterocycles. The maximum absolute atomic E-state index is 13.3. The number of piperazine rings is 1. The molecule has 0 saturated carbocycles. The topological polar surface area (TPSA) is 35.6 Å². The number of rotatable bonds is 6. The van der Waals surface area contributed by atoms with Crippen LogP contribution >= 0.6 is 0 Å². The van der Waals surface area contributed by atoms with Gasteiger partial charge in [0.15, 0.2) is 0 Å². The van der Waals surface area contributed by atoms with Crippen LogP contribution in [0.1, 0.15) is 21.5 Å². The molecule has 0 aliphatic carbocycles. The highest BCUT2D eigenvalue weighted by molar-refractivity contribution is 5.95. The van der Waals surface area contributed by atoms with Gasteiger partial charge in [0.05, 0.1) is 0 Å². The molecule has 3 rings (SSSR count). The van der Waals surface area contributed by atoms with Gasteiger partial charge in [-0.05, 0) is 30.2 Å². The van der Waals surface area contributed by atoms with Gasteiger partial charge in [-0.2, -0.15) is 0 Å². The first kappa shape index (κ1) is 18.5. The fourth-order valence-electron chi connectivity index (χ4n) is 3.27. The minimum absolute atomic E-state index is 0.204. The van der Waals surface area contributed by atoms with E-state index in [1.54, 1.807) is 6.07 Å². The first-order chi connectivity index (χ1) is 12.6. The highest BCUT2D eigenvalue weighted by Gasteiger charge is 2.17. The van der Waals surface area contributed by atoms with Crippen LogP contribution in [-0.4, -0.2) is 55.0 Å². The summed E-state index contributed by atoms with van der Waals surface area (Å²) in [5.41, 5.74) is 2.55. The molecule has 138 valence electrons. The molecule has 1 saturated heterocycles. The fraction of sp³-hybridized carbons (Fsp3) is 0.381. The standard InChI is InChI=1S/C21H26FN3O/c1-17-7-8-19(22)15-20(17)21(26)23-9-10-24-11-13-25(14-12-24)16-18-5-3-2-4-6-18/h2-8,15H,9-14,16H2,1H3,(H,23,26). The largest absolute Gasteiger partial charge is 0.351 e. The molecule has 0 bridgehead atoms. The quantitative estimate of drug-likeness (QED) is 0.865. The van der Waals surface area contributed by atoms with Crippen LogP contribution in [0.2, 0.25) is 0 Å². The van der Waals surface area contributed by atoms with E-state index in [2.05, 4.69) is 39.4 Å². The Bertz CT molecular complexity index is 727. The smallest absolute Gasteiger partial charge is 0.251 e. The van der Waals surface area contributed by atoms with Crippen LogP contribution in [0.4, 0.5) is 4.39 Å². The molecular weight excluding hydrogens is 329 g/mol. The molecule has 5 heteroatoms. The number of carbonyl (C=O) groups excluding carboxylic acids is 1. The van der Waals surface area contributed by atoms with Crippen molar-refractivity contribution in [2.24, 2.45) is 0 Å². The Morgan fingerprint density at radius 1 is 1.04 bits per heavy atom. The van der Waals surface area contributed by atoms with E-state index in [-0.39, 0.29) is 11.7 Å². The van der Waals surface area contributed by atoms with Crippen LogP contribution in [0, 0.1) is 12.7 Å². The van der Waals surface area contributed by atoms with Gasteiger partial charge in [-0.3, -0.25) is 14.6 Å². The van der Waals surface area contributed by atoms with Gasteiger partial charge in [0.1, 0.15) is 5.82 Å². The van der Waals surface area contributed by atoms with Crippen molar-refractivity contribution in [2.75, 3.05) is 39.3 Å². The van der Waals surface area contributed by atoms with E-state index in [9.17, 15) is 9.18 Å². The Kier molecular flexibility index (Phi) is 6.36. The third-order valence-corrected chi connectivity index (χ3v) is 4.87. The lowest BCUT2D eigenvalue weighted by atomic mass is 10.1. The van der Waals surface area contributed by atoms with Gasteiger partial charge in [0.2, 0.25) is 0 Å². The number of aryl methyl sites for hydroxylation is 1. The monoisotopic (exact) mass is 355 g/mol. The van der Waals surface area contributed by atoms with Crippen LogP contribution in [0.5, 0.6) is 0 Å². The number of carbonyl (C=O) groups is 1. The Morgan fingerprint density at radius 2 is 1.73 bits per heavy atom. The molecule has 0 atom stereocenters. The van der Waals surface area contributed by atoms with E-state index in [0.29, 0.717) is 12.1 Å². The minimum Gasteiger partial charge on any atom is -0.351 e. The van der Waals surface area contributed by atoms with Gasteiger partial charge < -0.3 is 5.32 Å². The van der Waals surface area contributed by atoms with Crippen LogP contribution in [-0.2, 0) is 6.54 Å². The normalized spacial score (nSPS) is 15.8. The van der Waals surface area contributed by atoms with Crippen LogP contribution in [0.3, 0.4) is 0 Å². The molecular formula is C21H26FN3O. The molecule has 1 aliphatic rings. The SMILES string of the molecule is Cc1ccc(F)cc1C(=O)NCCN1CCN(Cc2ccccc2)CC1. The lowest BCUT2D eigenvalue weighted by Crippen LogP contribution is -2.48. The zero-order chi connectivity index (χ0) is 18.4. The second kappa shape index (κ2) is 8.92. The van der Waals surface area contributed by atoms with E-state index < -0.39 is 0 Å². The van der Waals surface area contributed by atoms with Gasteiger partial charge in [-0.1, -0.05) is 36.4 Å². The van der Waals surface area contributed by atoms with Crippen LogP contribution in [0.15, 0.2) is 48.5 Å². The third kappa shape index (κ3) is 5.13. The van der Waals surface area contributed by atoms with Crippen molar-refractivity contribution in [1.82, 2.24) is 15.1 Å². The molecule has 26 heavy (non-hydrogen) atoms. The number of amides is 1. The van der Waals surface area contributed by atoms with E-state index in [4.69, 9.17) is 0 Å². The molecule has 0 aromatic heterocycles. The molecule has 0 spiro atoms. The summed E-state index contributed by atoms with van der Waals surface area (Å²) in [7, 11) is 0. The second-order valence-electron chi connectivity index (χ2n) is 6.82. The van der Waals surface area contributed by atoms with Crippen molar-refractivity contribution in [1.29, 1.82) is 0 Å². The maximum Gasteiger partial charge on any atom is 0.251 e. The van der Waals surface area contributed by atoms with Crippen LogP contribution in [0.25, 0.3) is 0 Å². The summed E-state index contributed by atoms with van der Waals surface area (Å²) in [6.45, 7) is 8.28. The summed E-state index contributed by atoms with van der Waals surface area (Å²) in [5, 5.41) is 2.90. The number of hydrogen-bond donors (Lipinski definition) is 1. The molecule has 1 aliphatic heterocycles. The highest BCUT2D eigenvalue weighted by Crippen LogP contribution is 2.10. The van der Waals surface area contributed by atoms with Crippen molar-refractivity contribution >= 4 is 5.91 Å². The molecule has 4 nitrogen and oxygen atoms in total. The summed E-state index contributed by atoms with van der Waals surface area (Å²) in [6, 6.07) is 14.8. The second-order valence-corrected chi connectivity index (χ2v) is 6.82. The number of halogens is 1. The Balaban J connectivity index is 1.39. The summed E-state index contributed by atoms with van der Waals surface area (Å²) in [5.74, 6) is -0.583. The first-order valence-corrected chi connectivity index (χ1v) is 9.15. The van der Waals surface area contributed by atoms with E-state index in [1.807, 2.05) is 13.0 Å². The number of nitrogens with one attached hydrogen (secondary N) is 1. The predicted molar refractivity (Wildman–Crippen MR) is 102 cm³/mol. The molecule has 2 aromatic carbocycles. The third-order valence-electron chi connectivity index (χ3n) is 4.87. The summed E-state index contributed by atoms with van der Waals surface area (Å²) < 4.78 is 13.3. The molecule has 0 radical (unpaired) electrons.